The summed E-state index contributed by atoms with van der Waals surface area (Å²) >= 11 is 0. The molecule has 10 heavy (non-hydrogen) atoms. The Morgan fingerprint density at radius 3 is 2.40 bits per heavy atom. The van der Waals surface area contributed by atoms with Gasteiger partial charge in [-0.2, -0.15) is 0 Å². The van der Waals surface area contributed by atoms with E-state index in [-0.39, 0.29) is 5.92 Å². The van der Waals surface area contributed by atoms with Gasteiger partial charge in [0.2, 0.25) is 0 Å². The molecule has 0 aliphatic heterocycles. The summed E-state index contributed by atoms with van der Waals surface area (Å²) < 4.78 is 0. The SMILES string of the molecule is C=C(C)C[C@H](C)C(=O)CC. The Balaban J connectivity index is 3.72. The highest BCUT2D eigenvalue weighted by molar-refractivity contribution is 5.80. The zero-order valence-corrected chi connectivity index (χ0v) is 7.11. The number of carbonyl (C=O) groups excluding carboxylic acids is 1. The van der Waals surface area contributed by atoms with Gasteiger partial charge >= 0.3 is 0 Å². The molecule has 58 valence electrons. The highest BCUT2D eigenvalue weighted by Crippen LogP contribution is 2.10. The molecule has 0 aromatic heterocycles. The van der Waals surface area contributed by atoms with Crippen LogP contribution in [0.25, 0.3) is 0 Å². The molecular formula is C9H16O. The van der Waals surface area contributed by atoms with Crippen molar-refractivity contribution in [2.45, 2.75) is 33.6 Å². The fraction of sp³-hybridized carbons (Fsp3) is 0.667. The van der Waals surface area contributed by atoms with E-state index >= 15 is 0 Å². The third-order valence-electron chi connectivity index (χ3n) is 1.55. The molecule has 0 aromatic rings. The van der Waals surface area contributed by atoms with Crippen LogP contribution in [0.15, 0.2) is 12.2 Å². The molecular weight excluding hydrogens is 124 g/mol. The average Bonchev–Trinajstić information content (AvgIpc) is 1.85. The minimum atomic E-state index is 0.169. The van der Waals surface area contributed by atoms with Crippen LogP contribution in [0.2, 0.25) is 0 Å². The molecule has 0 rings (SSSR count). The first-order chi connectivity index (χ1) is 4.57. The smallest absolute Gasteiger partial charge is 0.135 e. The molecule has 0 spiro atoms. The molecule has 1 nitrogen and oxygen atoms in total. The number of allylic oxidation sites excluding steroid dienone is 1. The van der Waals surface area contributed by atoms with Crippen LogP contribution < -0.4 is 0 Å². The van der Waals surface area contributed by atoms with Crippen molar-refractivity contribution in [1.82, 2.24) is 0 Å². The van der Waals surface area contributed by atoms with E-state index in [9.17, 15) is 4.79 Å². The second-order valence-electron chi connectivity index (χ2n) is 2.88. The molecule has 0 heterocycles. The number of carbonyl (C=O) groups is 1. The molecule has 0 radical (unpaired) electrons. The summed E-state index contributed by atoms with van der Waals surface area (Å²) in [5, 5.41) is 0. The zero-order valence-electron chi connectivity index (χ0n) is 7.11. The quantitative estimate of drug-likeness (QED) is 0.548. The van der Waals surface area contributed by atoms with Crippen molar-refractivity contribution in [3.63, 3.8) is 0 Å². The lowest BCUT2D eigenvalue weighted by Crippen LogP contribution is -2.09. The minimum Gasteiger partial charge on any atom is -0.299 e. The summed E-state index contributed by atoms with van der Waals surface area (Å²) in [6.07, 6.45) is 1.49. The van der Waals surface area contributed by atoms with Crippen LogP contribution >= 0.6 is 0 Å². The first-order valence-corrected chi connectivity index (χ1v) is 3.75. The van der Waals surface area contributed by atoms with Crippen molar-refractivity contribution in [3.8, 4) is 0 Å². The molecule has 0 saturated heterocycles. The van der Waals surface area contributed by atoms with Gasteiger partial charge in [-0.15, -0.1) is 6.58 Å². The monoisotopic (exact) mass is 140 g/mol. The molecule has 0 fully saturated rings. The van der Waals surface area contributed by atoms with Gasteiger partial charge in [0, 0.05) is 12.3 Å². The van der Waals surface area contributed by atoms with E-state index in [1.165, 1.54) is 0 Å². The molecule has 0 amide bonds. The Morgan fingerprint density at radius 2 is 2.10 bits per heavy atom. The summed E-state index contributed by atoms with van der Waals surface area (Å²) in [6.45, 7) is 9.58. The summed E-state index contributed by atoms with van der Waals surface area (Å²) in [4.78, 5) is 11.0. The van der Waals surface area contributed by atoms with Crippen LogP contribution in [0.3, 0.4) is 0 Å². The van der Waals surface area contributed by atoms with Crippen LogP contribution in [0.4, 0.5) is 0 Å². The Labute approximate surface area is 63.1 Å². The largest absolute Gasteiger partial charge is 0.299 e. The molecule has 0 aliphatic carbocycles. The molecule has 0 aliphatic rings. The third kappa shape index (κ3) is 3.44. The maximum atomic E-state index is 11.0. The van der Waals surface area contributed by atoms with Crippen LogP contribution in [0.1, 0.15) is 33.6 Å². The van der Waals surface area contributed by atoms with Crippen molar-refractivity contribution in [2.24, 2.45) is 5.92 Å². The standard InChI is InChI=1S/C9H16O/c1-5-9(10)8(4)6-7(2)3/h8H,2,5-6H2,1,3-4H3/t8-/m0/s1. The fourth-order valence-corrected chi connectivity index (χ4v) is 0.985. The number of ketones is 1. The number of hydrogen-bond acceptors (Lipinski definition) is 1. The van der Waals surface area contributed by atoms with E-state index in [2.05, 4.69) is 6.58 Å². The van der Waals surface area contributed by atoms with Gasteiger partial charge in [0.05, 0.1) is 0 Å². The van der Waals surface area contributed by atoms with Crippen LogP contribution in [-0.4, -0.2) is 5.78 Å². The Bertz CT molecular complexity index is 136. The van der Waals surface area contributed by atoms with Crippen molar-refractivity contribution in [2.75, 3.05) is 0 Å². The maximum absolute atomic E-state index is 11.0. The molecule has 0 bridgehead atoms. The first kappa shape index (κ1) is 9.41. The molecule has 1 heteroatoms. The van der Waals surface area contributed by atoms with Gasteiger partial charge < -0.3 is 0 Å². The van der Waals surface area contributed by atoms with E-state index in [0.717, 1.165) is 12.0 Å². The van der Waals surface area contributed by atoms with Gasteiger partial charge in [0.1, 0.15) is 5.78 Å². The summed E-state index contributed by atoms with van der Waals surface area (Å²) in [6, 6.07) is 0. The van der Waals surface area contributed by atoms with Gasteiger partial charge in [0.25, 0.3) is 0 Å². The van der Waals surface area contributed by atoms with E-state index in [1.807, 2.05) is 20.8 Å². The topological polar surface area (TPSA) is 17.1 Å². The van der Waals surface area contributed by atoms with Crippen LogP contribution in [0, 0.1) is 5.92 Å². The van der Waals surface area contributed by atoms with Gasteiger partial charge in [0.15, 0.2) is 0 Å². The van der Waals surface area contributed by atoms with Crippen LogP contribution in [0.5, 0.6) is 0 Å². The van der Waals surface area contributed by atoms with Gasteiger partial charge in [-0.25, -0.2) is 0 Å². The molecule has 0 N–H and O–H groups in total. The predicted molar refractivity (Wildman–Crippen MR) is 43.9 cm³/mol. The lowest BCUT2D eigenvalue weighted by Gasteiger charge is -2.07. The Kier molecular flexibility index (Phi) is 4.01. The van der Waals surface area contributed by atoms with Gasteiger partial charge in [-0.3, -0.25) is 4.79 Å². The Morgan fingerprint density at radius 1 is 1.60 bits per heavy atom. The van der Waals surface area contributed by atoms with Crippen molar-refractivity contribution in [1.29, 1.82) is 0 Å². The van der Waals surface area contributed by atoms with Gasteiger partial charge in [-0.1, -0.05) is 19.4 Å². The van der Waals surface area contributed by atoms with Crippen LogP contribution in [-0.2, 0) is 4.79 Å². The maximum Gasteiger partial charge on any atom is 0.135 e. The molecule has 0 saturated carbocycles. The summed E-state index contributed by atoms with van der Waals surface area (Å²) in [5.74, 6) is 0.505. The summed E-state index contributed by atoms with van der Waals surface area (Å²) in [7, 11) is 0. The van der Waals surface area contributed by atoms with E-state index in [0.29, 0.717) is 12.2 Å². The molecule has 0 unspecified atom stereocenters. The zero-order chi connectivity index (χ0) is 8.15. The lowest BCUT2D eigenvalue weighted by molar-refractivity contribution is -0.122. The van der Waals surface area contributed by atoms with Gasteiger partial charge in [-0.05, 0) is 13.3 Å². The predicted octanol–water partition coefficient (Wildman–Crippen LogP) is 2.57. The highest BCUT2D eigenvalue weighted by Gasteiger charge is 2.09. The Hall–Kier alpha value is -0.590. The lowest BCUT2D eigenvalue weighted by atomic mass is 9.97. The van der Waals surface area contributed by atoms with E-state index in [4.69, 9.17) is 0 Å². The normalized spacial score (nSPS) is 12.7. The minimum absolute atomic E-state index is 0.169. The first-order valence-electron chi connectivity index (χ1n) is 3.75. The summed E-state index contributed by atoms with van der Waals surface area (Å²) in [5.41, 5.74) is 1.09. The second-order valence-corrected chi connectivity index (χ2v) is 2.88. The third-order valence-corrected chi connectivity index (χ3v) is 1.55. The van der Waals surface area contributed by atoms with Crippen molar-refractivity contribution in [3.05, 3.63) is 12.2 Å². The number of hydrogen-bond donors (Lipinski definition) is 0. The second kappa shape index (κ2) is 4.26. The van der Waals surface area contributed by atoms with E-state index < -0.39 is 0 Å². The molecule has 0 aromatic carbocycles. The highest BCUT2D eigenvalue weighted by atomic mass is 16.1. The number of rotatable bonds is 4. The molecule has 1 atom stereocenters. The van der Waals surface area contributed by atoms with E-state index in [1.54, 1.807) is 0 Å². The fourth-order valence-electron chi connectivity index (χ4n) is 0.985. The van der Waals surface area contributed by atoms with Crippen molar-refractivity contribution >= 4 is 5.78 Å². The average molecular weight is 140 g/mol. The van der Waals surface area contributed by atoms with Crippen molar-refractivity contribution < 1.29 is 4.79 Å². The number of Topliss-reactive ketones (excluding diaryl/α,β-unsaturated/α-hetero) is 1.